The third-order valence-electron chi connectivity index (χ3n) is 5.36. The van der Waals surface area contributed by atoms with Crippen molar-refractivity contribution in [1.82, 2.24) is 4.90 Å². The first kappa shape index (κ1) is 19.0. The highest BCUT2D eigenvalue weighted by molar-refractivity contribution is 6.00. The third kappa shape index (κ3) is 4.14. The minimum Gasteiger partial charge on any atom is -0.386 e. The molecule has 1 saturated carbocycles. The summed E-state index contributed by atoms with van der Waals surface area (Å²) in [7, 11) is 3.88. The SMILES string of the molecule is CN(C)CO[C@H]1CCCC[C@]1(O)C1C=CC=C(Cc2ccccc2)C1=O. The standard InChI is InChI=1S/C22H29NO3/c1-23(2)16-26-20-13-6-7-14-22(20,25)19-12-8-11-18(21(19)24)15-17-9-4-3-5-10-17/h3-5,8-12,19-20,25H,6-7,13-16H2,1-2H3/t19?,20-,22-/m0/s1. The summed E-state index contributed by atoms with van der Waals surface area (Å²) in [6.07, 6.45) is 9.28. The van der Waals surface area contributed by atoms with Crippen molar-refractivity contribution in [2.45, 2.75) is 43.8 Å². The molecule has 0 radical (unpaired) electrons. The fourth-order valence-corrected chi connectivity index (χ4v) is 3.98. The molecule has 0 heterocycles. The van der Waals surface area contributed by atoms with E-state index in [0.29, 0.717) is 19.6 Å². The zero-order valence-electron chi connectivity index (χ0n) is 15.7. The van der Waals surface area contributed by atoms with Crippen LogP contribution in [0.4, 0.5) is 0 Å². The molecule has 0 aliphatic heterocycles. The van der Waals surface area contributed by atoms with E-state index in [1.807, 2.05) is 67.6 Å². The molecule has 1 N–H and O–H groups in total. The Morgan fingerprint density at radius 3 is 2.73 bits per heavy atom. The van der Waals surface area contributed by atoms with Crippen LogP contribution in [0.1, 0.15) is 31.2 Å². The number of aliphatic hydroxyl groups is 1. The molecule has 2 aliphatic rings. The predicted octanol–water partition coefficient (Wildman–Crippen LogP) is 3.12. The van der Waals surface area contributed by atoms with E-state index >= 15 is 0 Å². The van der Waals surface area contributed by atoms with Crippen molar-refractivity contribution in [3.8, 4) is 0 Å². The number of ketones is 1. The molecule has 3 atom stereocenters. The quantitative estimate of drug-likeness (QED) is 0.797. The predicted molar refractivity (Wildman–Crippen MR) is 103 cm³/mol. The molecule has 26 heavy (non-hydrogen) atoms. The Morgan fingerprint density at radius 2 is 2.00 bits per heavy atom. The van der Waals surface area contributed by atoms with Gasteiger partial charge < -0.3 is 9.84 Å². The molecule has 0 amide bonds. The van der Waals surface area contributed by atoms with E-state index in [9.17, 15) is 9.90 Å². The lowest BCUT2D eigenvalue weighted by Gasteiger charge is -2.44. The molecule has 1 aromatic carbocycles. The second-order valence-electron chi connectivity index (χ2n) is 7.68. The van der Waals surface area contributed by atoms with E-state index in [2.05, 4.69) is 0 Å². The monoisotopic (exact) mass is 355 g/mol. The molecular weight excluding hydrogens is 326 g/mol. The van der Waals surface area contributed by atoms with E-state index in [4.69, 9.17) is 4.74 Å². The molecule has 140 valence electrons. The van der Waals surface area contributed by atoms with Gasteiger partial charge in [0.2, 0.25) is 0 Å². The number of carbonyl (C=O) groups is 1. The van der Waals surface area contributed by atoms with Gasteiger partial charge in [-0.25, -0.2) is 0 Å². The zero-order valence-corrected chi connectivity index (χ0v) is 15.7. The van der Waals surface area contributed by atoms with Gasteiger partial charge in [-0.2, -0.15) is 0 Å². The van der Waals surface area contributed by atoms with Crippen molar-refractivity contribution in [2.24, 2.45) is 5.92 Å². The maximum Gasteiger partial charge on any atom is 0.169 e. The first-order valence-corrected chi connectivity index (χ1v) is 9.45. The Kier molecular flexibility index (Phi) is 6.07. The molecule has 3 rings (SSSR count). The van der Waals surface area contributed by atoms with Crippen LogP contribution >= 0.6 is 0 Å². The number of carbonyl (C=O) groups excluding carboxylic acids is 1. The van der Waals surface area contributed by atoms with Crippen LogP contribution in [0.15, 0.2) is 54.1 Å². The lowest BCUT2D eigenvalue weighted by molar-refractivity contribution is -0.170. The van der Waals surface area contributed by atoms with Crippen LogP contribution in [-0.2, 0) is 16.0 Å². The summed E-state index contributed by atoms with van der Waals surface area (Å²) >= 11 is 0. The fourth-order valence-electron chi connectivity index (χ4n) is 3.98. The van der Waals surface area contributed by atoms with Gasteiger partial charge in [0, 0.05) is 12.0 Å². The molecular formula is C22H29NO3. The summed E-state index contributed by atoms with van der Waals surface area (Å²) in [5, 5.41) is 11.5. The first-order chi connectivity index (χ1) is 12.5. The normalized spacial score (nSPS) is 29.1. The van der Waals surface area contributed by atoms with Gasteiger partial charge in [-0.1, -0.05) is 61.4 Å². The number of ether oxygens (including phenoxy) is 1. The van der Waals surface area contributed by atoms with E-state index in [-0.39, 0.29) is 11.9 Å². The third-order valence-corrected chi connectivity index (χ3v) is 5.36. The average molecular weight is 355 g/mol. The summed E-state index contributed by atoms with van der Waals surface area (Å²) in [5.74, 6) is -0.502. The van der Waals surface area contributed by atoms with Crippen LogP contribution < -0.4 is 0 Å². The summed E-state index contributed by atoms with van der Waals surface area (Å²) in [4.78, 5) is 15.1. The molecule has 4 nitrogen and oxygen atoms in total. The van der Waals surface area contributed by atoms with Gasteiger partial charge in [-0.05, 0) is 32.5 Å². The Labute approximate surface area is 156 Å². The Hall–Kier alpha value is -1.75. The largest absolute Gasteiger partial charge is 0.386 e. The number of rotatable bonds is 6. The van der Waals surface area contributed by atoms with Crippen molar-refractivity contribution >= 4 is 5.78 Å². The summed E-state index contributed by atoms with van der Waals surface area (Å²) < 4.78 is 5.99. The molecule has 0 aromatic heterocycles. The number of benzene rings is 1. The Bertz CT molecular complexity index is 680. The first-order valence-electron chi connectivity index (χ1n) is 9.45. The average Bonchev–Trinajstić information content (AvgIpc) is 2.63. The number of Topliss-reactive ketones (excluding diaryl/α,β-unsaturated/α-hetero) is 1. The highest BCUT2D eigenvalue weighted by Crippen LogP contribution is 2.40. The maximum atomic E-state index is 13.2. The van der Waals surface area contributed by atoms with Gasteiger partial charge in [0.15, 0.2) is 5.78 Å². The van der Waals surface area contributed by atoms with E-state index in [0.717, 1.165) is 30.4 Å². The van der Waals surface area contributed by atoms with Crippen LogP contribution in [0.5, 0.6) is 0 Å². The van der Waals surface area contributed by atoms with Crippen molar-refractivity contribution < 1.29 is 14.6 Å². The van der Waals surface area contributed by atoms with Crippen LogP contribution in [0, 0.1) is 5.92 Å². The molecule has 0 spiro atoms. The van der Waals surface area contributed by atoms with Gasteiger partial charge in [0.05, 0.1) is 18.8 Å². The second-order valence-corrected chi connectivity index (χ2v) is 7.68. The summed E-state index contributed by atoms with van der Waals surface area (Å²) in [6, 6.07) is 9.99. The lowest BCUT2D eigenvalue weighted by atomic mass is 9.69. The number of hydrogen-bond donors (Lipinski definition) is 1. The summed E-state index contributed by atoms with van der Waals surface area (Å²) in [6.45, 7) is 0.449. The maximum absolute atomic E-state index is 13.2. The number of nitrogens with zero attached hydrogens (tertiary/aromatic N) is 1. The minimum atomic E-state index is -1.13. The minimum absolute atomic E-state index is 0.0270. The molecule has 1 fully saturated rings. The Balaban J connectivity index is 1.77. The van der Waals surface area contributed by atoms with Crippen LogP contribution in [0.25, 0.3) is 0 Å². The molecule has 4 heteroatoms. The van der Waals surface area contributed by atoms with Crippen molar-refractivity contribution in [2.75, 3.05) is 20.8 Å². The summed E-state index contributed by atoms with van der Waals surface area (Å²) in [5.41, 5.74) is 0.740. The molecule has 1 unspecified atom stereocenters. The number of hydrogen-bond acceptors (Lipinski definition) is 4. The second kappa shape index (κ2) is 8.30. The molecule has 1 aromatic rings. The smallest absolute Gasteiger partial charge is 0.169 e. The highest BCUT2D eigenvalue weighted by Gasteiger charge is 2.49. The van der Waals surface area contributed by atoms with Crippen LogP contribution in [-0.4, -0.2) is 48.3 Å². The van der Waals surface area contributed by atoms with Gasteiger partial charge >= 0.3 is 0 Å². The van der Waals surface area contributed by atoms with Crippen molar-refractivity contribution in [1.29, 1.82) is 0 Å². The van der Waals surface area contributed by atoms with Gasteiger partial charge in [0.1, 0.15) is 5.60 Å². The lowest BCUT2D eigenvalue weighted by Crippen LogP contribution is -2.55. The van der Waals surface area contributed by atoms with Gasteiger partial charge in [-0.3, -0.25) is 9.69 Å². The van der Waals surface area contributed by atoms with Crippen molar-refractivity contribution in [3.63, 3.8) is 0 Å². The molecule has 2 aliphatic carbocycles. The topological polar surface area (TPSA) is 49.8 Å². The van der Waals surface area contributed by atoms with E-state index < -0.39 is 11.5 Å². The van der Waals surface area contributed by atoms with E-state index in [1.54, 1.807) is 0 Å². The number of allylic oxidation sites excluding steroid dienone is 3. The van der Waals surface area contributed by atoms with Crippen molar-refractivity contribution in [3.05, 3.63) is 59.7 Å². The van der Waals surface area contributed by atoms with Crippen LogP contribution in [0.3, 0.4) is 0 Å². The van der Waals surface area contributed by atoms with Gasteiger partial charge in [0.25, 0.3) is 0 Å². The van der Waals surface area contributed by atoms with Crippen LogP contribution in [0.2, 0.25) is 0 Å². The molecule has 0 saturated heterocycles. The zero-order chi connectivity index (χ0) is 18.6. The van der Waals surface area contributed by atoms with E-state index in [1.165, 1.54) is 0 Å². The van der Waals surface area contributed by atoms with Gasteiger partial charge in [-0.15, -0.1) is 0 Å². The molecule has 0 bridgehead atoms. The Morgan fingerprint density at radius 1 is 1.23 bits per heavy atom. The fraction of sp³-hybridized carbons (Fsp3) is 0.500. The highest BCUT2D eigenvalue weighted by atomic mass is 16.5.